The maximum Gasteiger partial charge on any atom is 0.416 e. The summed E-state index contributed by atoms with van der Waals surface area (Å²) >= 11 is 0. The van der Waals surface area contributed by atoms with Crippen LogP contribution in [0.25, 0.3) is 10.9 Å². The molecule has 1 aliphatic heterocycles. The molecule has 2 unspecified atom stereocenters. The van der Waals surface area contributed by atoms with E-state index in [1.54, 1.807) is 24.3 Å². The maximum absolute atomic E-state index is 14.2. The summed E-state index contributed by atoms with van der Waals surface area (Å²) in [5, 5.41) is 6.22. The number of amides is 3. The van der Waals surface area contributed by atoms with Crippen molar-refractivity contribution in [3.8, 4) is 0 Å². The Kier molecular flexibility index (Phi) is 8.23. The first-order valence-corrected chi connectivity index (χ1v) is 15.9. The van der Waals surface area contributed by atoms with Crippen LogP contribution in [0, 0.1) is 0 Å². The lowest BCUT2D eigenvalue weighted by Crippen LogP contribution is -2.62. The van der Waals surface area contributed by atoms with E-state index in [0.717, 1.165) is 52.5 Å². The number of alkyl halides is 3. The molecule has 6 rings (SSSR count). The summed E-state index contributed by atoms with van der Waals surface area (Å²) < 4.78 is 68.5. The summed E-state index contributed by atoms with van der Waals surface area (Å²) in [6.45, 7) is -0.518. The van der Waals surface area contributed by atoms with Crippen molar-refractivity contribution in [2.75, 3.05) is 25.0 Å². The second kappa shape index (κ2) is 12.1. The number of rotatable bonds is 5. The molecule has 1 aromatic heterocycles. The minimum Gasteiger partial charge on any atom is -0.348 e. The van der Waals surface area contributed by atoms with Crippen molar-refractivity contribution in [2.24, 2.45) is 0 Å². The zero-order valence-corrected chi connectivity index (χ0v) is 24.8. The zero-order valence-electron chi connectivity index (χ0n) is 24.0. The Morgan fingerprint density at radius 3 is 2.44 bits per heavy atom. The molecule has 2 aliphatic rings. The summed E-state index contributed by atoms with van der Waals surface area (Å²) in [6, 6.07) is 17.7. The highest BCUT2D eigenvalue weighted by atomic mass is 32.2. The number of pyridine rings is 1. The van der Waals surface area contributed by atoms with Gasteiger partial charge >= 0.3 is 12.2 Å². The van der Waals surface area contributed by atoms with E-state index in [1.807, 2.05) is 24.3 Å². The molecule has 2 atom stereocenters. The average molecular weight is 638 g/mol. The van der Waals surface area contributed by atoms with Crippen LogP contribution in [0.3, 0.4) is 0 Å². The Balaban J connectivity index is 1.29. The third kappa shape index (κ3) is 6.22. The fourth-order valence-electron chi connectivity index (χ4n) is 5.98. The number of urea groups is 1. The van der Waals surface area contributed by atoms with Crippen molar-refractivity contribution < 1.29 is 31.2 Å². The molecular formula is C32H30F3N5O4S. The van der Waals surface area contributed by atoms with Crippen LogP contribution < -0.4 is 10.6 Å². The second-order valence-electron chi connectivity index (χ2n) is 11.1. The molecule has 2 heterocycles. The van der Waals surface area contributed by atoms with E-state index < -0.39 is 39.7 Å². The molecule has 1 aliphatic carbocycles. The van der Waals surface area contributed by atoms with E-state index >= 15 is 0 Å². The number of hydrogen-bond acceptors (Lipinski definition) is 5. The van der Waals surface area contributed by atoms with Crippen molar-refractivity contribution in [1.29, 1.82) is 0 Å². The standard InChI is InChI=1S/C32H30F3N5O4S/c33-32(34,35)23-13-15-24(16-14-23)37-31(42)39-18-19-40(45(43,44)28-12-4-8-22-9-5-17-36-29(22)28)27(20-39)30(41)38-26-11-3-7-21-6-1-2-10-25(21)26/h1-2,4-6,8-10,12-17,26-27H,3,7,11,18-20H2,(H,37,42)(H,38,41). The van der Waals surface area contributed by atoms with Gasteiger partial charge in [0.05, 0.1) is 17.1 Å². The zero-order chi connectivity index (χ0) is 31.8. The Hall–Kier alpha value is -4.49. The number of piperazine rings is 1. The van der Waals surface area contributed by atoms with Gasteiger partial charge in [-0.25, -0.2) is 13.2 Å². The number of aryl methyl sites for hydroxylation is 1. The van der Waals surface area contributed by atoms with Crippen LogP contribution in [0.15, 0.2) is 90.0 Å². The number of fused-ring (bicyclic) bond motifs is 2. The average Bonchev–Trinajstić information content (AvgIpc) is 3.04. The summed E-state index contributed by atoms with van der Waals surface area (Å²) in [7, 11) is -4.27. The number of benzene rings is 3. The number of sulfonamides is 1. The molecule has 3 amide bonds. The van der Waals surface area contributed by atoms with Gasteiger partial charge in [0.15, 0.2) is 0 Å². The number of anilines is 1. The summed E-state index contributed by atoms with van der Waals surface area (Å²) in [5.41, 5.74) is 1.62. The van der Waals surface area contributed by atoms with Crippen molar-refractivity contribution in [1.82, 2.24) is 19.5 Å². The van der Waals surface area contributed by atoms with Crippen molar-refractivity contribution in [2.45, 2.75) is 42.4 Å². The minimum absolute atomic E-state index is 0.0518. The molecule has 1 saturated heterocycles. The van der Waals surface area contributed by atoms with Gasteiger partial charge in [-0.1, -0.05) is 42.5 Å². The van der Waals surface area contributed by atoms with Crippen molar-refractivity contribution in [3.05, 3.63) is 102 Å². The van der Waals surface area contributed by atoms with Crippen LogP contribution in [-0.4, -0.2) is 60.2 Å². The van der Waals surface area contributed by atoms with Crippen LogP contribution in [0.5, 0.6) is 0 Å². The van der Waals surface area contributed by atoms with Crippen LogP contribution in [-0.2, 0) is 27.4 Å². The molecule has 3 aromatic carbocycles. The number of hydrogen-bond donors (Lipinski definition) is 2. The number of halogens is 3. The van der Waals surface area contributed by atoms with E-state index in [4.69, 9.17) is 0 Å². The van der Waals surface area contributed by atoms with Gasteiger partial charge in [0.1, 0.15) is 10.9 Å². The summed E-state index contributed by atoms with van der Waals surface area (Å²) in [5.74, 6) is -0.555. The quantitative estimate of drug-likeness (QED) is 0.306. The lowest BCUT2D eigenvalue weighted by atomic mass is 9.87. The Labute approximate surface area is 258 Å². The van der Waals surface area contributed by atoms with Crippen LogP contribution in [0.2, 0.25) is 0 Å². The first kappa shape index (κ1) is 30.5. The van der Waals surface area contributed by atoms with E-state index in [2.05, 4.69) is 15.6 Å². The highest BCUT2D eigenvalue weighted by Crippen LogP contribution is 2.32. The predicted octanol–water partition coefficient (Wildman–Crippen LogP) is 5.35. The highest BCUT2D eigenvalue weighted by Gasteiger charge is 2.43. The van der Waals surface area contributed by atoms with Gasteiger partial charge in [-0.05, 0) is 66.8 Å². The molecule has 4 aromatic rings. The molecule has 1 fully saturated rings. The Bertz CT molecular complexity index is 1840. The monoisotopic (exact) mass is 637 g/mol. The molecular weight excluding hydrogens is 607 g/mol. The largest absolute Gasteiger partial charge is 0.416 e. The topological polar surface area (TPSA) is 112 Å². The smallest absolute Gasteiger partial charge is 0.348 e. The molecule has 45 heavy (non-hydrogen) atoms. The first-order chi connectivity index (χ1) is 21.5. The molecule has 0 saturated carbocycles. The minimum atomic E-state index is -4.52. The third-order valence-electron chi connectivity index (χ3n) is 8.25. The molecule has 0 radical (unpaired) electrons. The fourth-order valence-corrected chi connectivity index (χ4v) is 7.72. The second-order valence-corrected chi connectivity index (χ2v) is 12.9. The van der Waals surface area contributed by atoms with E-state index in [-0.39, 0.29) is 41.8 Å². The van der Waals surface area contributed by atoms with E-state index in [1.165, 1.54) is 17.2 Å². The number of carbonyl (C=O) groups is 2. The SMILES string of the molecule is O=C(NC1CCCc2ccccc21)C1CN(C(=O)Nc2ccc(C(F)(F)F)cc2)CCN1S(=O)(=O)c1cccc2cccnc12. The molecule has 0 bridgehead atoms. The van der Waals surface area contributed by atoms with Crippen molar-refractivity contribution >= 4 is 38.6 Å². The molecule has 234 valence electrons. The molecule has 0 spiro atoms. The normalized spacial score (nSPS) is 19.1. The van der Waals surface area contributed by atoms with E-state index in [9.17, 15) is 31.2 Å². The van der Waals surface area contributed by atoms with Gasteiger partial charge in [-0.2, -0.15) is 17.5 Å². The van der Waals surface area contributed by atoms with Gasteiger partial charge in [0, 0.05) is 36.9 Å². The van der Waals surface area contributed by atoms with Gasteiger partial charge in [-0.15, -0.1) is 0 Å². The first-order valence-electron chi connectivity index (χ1n) is 14.5. The fraction of sp³-hybridized carbons (Fsp3) is 0.281. The van der Waals surface area contributed by atoms with Gasteiger partial charge in [-0.3, -0.25) is 9.78 Å². The van der Waals surface area contributed by atoms with Gasteiger partial charge < -0.3 is 15.5 Å². The predicted molar refractivity (Wildman–Crippen MR) is 162 cm³/mol. The summed E-state index contributed by atoms with van der Waals surface area (Å²) in [4.78, 5) is 32.8. The number of para-hydroxylation sites is 1. The Morgan fingerprint density at radius 2 is 1.67 bits per heavy atom. The number of nitrogens with zero attached hydrogens (tertiary/aromatic N) is 3. The third-order valence-corrected chi connectivity index (χ3v) is 10.2. The number of nitrogens with one attached hydrogen (secondary N) is 2. The number of carbonyl (C=O) groups excluding carboxylic acids is 2. The lowest BCUT2D eigenvalue weighted by molar-refractivity contribution is -0.137. The molecule has 2 N–H and O–H groups in total. The van der Waals surface area contributed by atoms with Gasteiger partial charge in [0.2, 0.25) is 15.9 Å². The molecule has 13 heteroatoms. The molecule has 9 nitrogen and oxygen atoms in total. The summed E-state index contributed by atoms with van der Waals surface area (Å²) in [6.07, 6.45) is -0.636. The maximum atomic E-state index is 14.2. The van der Waals surface area contributed by atoms with Crippen LogP contribution >= 0.6 is 0 Å². The Morgan fingerprint density at radius 1 is 0.911 bits per heavy atom. The van der Waals surface area contributed by atoms with Gasteiger partial charge in [0.25, 0.3) is 0 Å². The van der Waals surface area contributed by atoms with Crippen LogP contribution in [0.1, 0.15) is 35.6 Å². The lowest BCUT2D eigenvalue weighted by Gasteiger charge is -2.40. The van der Waals surface area contributed by atoms with Crippen LogP contribution in [0.4, 0.5) is 23.7 Å². The number of aromatic nitrogens is 1. The van der Waals surface area contributed by atoms with Crippen molar-refractivity contribution in [3.63, 3.8) is 0 Å². The van der Waals surface area contributed by atoms with E-state index in [0.29, 0.717) is 11.8 Å². The highest BCUT2D eigenvalue weighted by molar-refractivity contribution is 7.89.